The van der Waals surface area contributed by atoms with Gasteiger partial charge >= 0.3 is 0 Å². The van der Waals surface area contributed by atoms with Crippen LogP contribution in [0, 0.1) is 11.6 Å². The Morgan fingerprint density at radius 3 is 2.45 bits per heavy atom. The third-order valence-electron chi connectivity index (χ3n) is 5.11. The molecule has 4 rings (SSSR count). The zero-order valence-corrected chi connectivity index (χ0v) is 17.7. The van der Waals surface area contributed by atoms with E-state index in [4.69, 9.17) is 10.5 Å². The van der Waals surface area contributed by atoms with Gasteiger partial charge in [0.1, 0.15) is 17.4 Å². The number of aromatic nitrogens is 2. The Labute approximate surface area is 189 Å². The van der Waals surface area contributed by atoms with E-state index in [0.29, 0.717) is 45.2 Å². The Balaban J connectivity index is 1.67. The van der Waals surface area contributed by atoms with Gasteiger partial charge in [-0.05, 0) is 53.6 Å². The summed E-state index contributed by atoms with van der Waals surface area (Å²) in [6.07, 6.45) is 0.264. The minimum Gasteiger partial charge on any atom is -0.496 e. The van der Waals surface area contributed by atoms with Gasteiger partial charge in [0.2, 0.25) is 5.91 Å². The molecule has 0 aliphatic heterocycles. The zero-order chi connectivity index (χ0) is 23.4. The maximum absolute atomic E-state index is 13.6. The fourth-order valence-corrected chi connectivity index (χ4v) is 3.52. The van der Waals surface area contributed by atoms with Gasteiger partial charge in [0.25, 0.3) is 0 Å². The molecule has 0 bridgehead atoms. The molecule has 1 aromatic heterocycles. The van der Waals surface area contributed by atoms with Crippen molar-refractivity contribution < 1.29 is 18.3 Å². The molecule has 3 aromatic carbocycles. The molecular formula is C25H20F2N4O2. The number of methoxy groups -OCH3 is 1. The molecule has 0 atom stereocenters. The summed E-state index contributed by atoms with van der Waals surface area (Å²) in [4.78, 5) is 12.1. The number of benzene rings is 3. The highest BCUT2D eigenvalue weighted by molar-refractivity contribution is 5.96. The van der Waals surface area contributed by atoms with Crippen LogP contribution in [0.5, 0.6) is 5.75 Å². The van der Waals surface area contributed by atoms with Crippen LogP contribution in [0.25, 0.3) is 11.3 Å². The molecule has 4 aromatic rings. The van der Waals surface area contributed by atoms with Gasteiger partial charge in [-0.15, -0.1) is 10.2 Å². The van der Waals surface area contributed by atoms with Gasteiger partial charge in [0.15, 0.2) is 5.82 Å². The van der Waals surface area contributed by atoms with E-state index in [-0.39, 0.29) is 12.2 Å². The summed E-state index contributed by atoms with van der Waals surface area (Å²) in [5.74, 6) is -0.600. The van der Waals surface area contributed by atoms with Crippen LogP contribution >= 0.6 is 0 Å². The van der Waals surface area contributed by atoms with E-state index in [0.717, 1.165) is 0 Å². The van der Waals surface area contributed by atoms with Crippen molar-refractivity contribution in [3.8, 4) is 17.0 Å². The van der Waals surface area contributed by atoms with Crippen LogP contribution in [0.1, 0.15) is 21.5 Å². The highest BCUT2D eigenvalue weighted by Crippen LogP contribution is 2.30. The summed E-state index contributed by atoms with van der Waals surface area (Å²) < 4.78 is 32.4. The lowest BCUT2D eigenvalue weighted by Crippen LogP contribution is -2.15. The smallest absolute Gasteiger partial charge is 0.249 e. The molecule has 3 N–H and O–H groups in total. The predicted molar refractivity (Wildman–Crippen MR) is 121 cm³/mol. The van der Waals surface area contributed by atoms with Crippen LogP contribution in [0.4, 0.5) is 20.3 Å². The number of nitrogens with zero attached hydrogens (tertiary/aromatic N) is 2. The lowest BCUT2D eigenvalue weighted by molar-refractivity contribution is 0.0999. The van der Waals surface area contributed by atoms with Gasteiger partial charge < -0.3 is 15.8 Å². The van der Waals surface area contributed by atoms with Crippen molar-refractivity contribution in [3.05, 3.63) is 101 Å². The summed E-state index contributed by atoms with van der Waals surface area (Å²) in [5, 5.41) is 11.5. The highest BCUT2D eigenvalue weighted by Gasteiger charge is 2.16. The SMILES string of the molecule is COc1cc(F)ccc1Cc1c(Nc2ccc(-c3cccc(F)c3)nn2)cccc1C(N)=O. The Bertz CT molecular complexity index is 1310. The number of nitrogens with two attached hydrogens (primary N) is 1. The molecule has 0 saturated heterocycles. The predicted octanol–water partition coefficient (Wildman–Crippen LogP) is 4.86. The molecule has 166 valence electrons. The number of hydrogen-bond acceptors (Lipinski definition) is 5. The molecule has 0 aliphatic carbocycles. The normalized spacial score (nSPS) is 10.6. The van der Waals surface area contributed by atoms with E-state index in [1.807, 2.05) is 0 Å². The zero-order valence-electron chi connectivity index (χ0n) is 17.7. The minimum absolute atomic E-state index is 0.264. The summed E-state index contributed by atoms with van der Waals surface area (Å²) in [5.41, 5.74) is 8.92. The van der Waals surface area contributed by atoms with Crippen LogP contribution in [0.3, 0.4) is 0 Å². The molecular weight excluding hydrogens is 426 g/mol. The molecule has 0 spiro atoms. The first-order chi connectivity index (χ1) is 15.9. The van der Waals surface area contributed by atoms with Crippen LogP contribution in [-0.2, 0) is 6.42 Å². The van der Waals surface area contributed by atoms with Gasteiger partial charge in [-0.25, -0.2) is 8.78 Å². The van der Waals surface area contributed by atoms with E-state index in [2.05, 4.69) is 15.5 Å². The quantitative estimate of drug-likeness (QED) is 0.423. The van der Waals surface area contributed by atoms with Gasteiger partial charge in [0.05, 0.1) is 12.8 Å². The number of rotatable bonds is 7. The van der Waals surface area contributed by atoms with Crippen molar-refractivity contribution in [1.29, 1.82) is 0 Å². The van der Waals surface area contributed by atoms with Crippen LogP contribution < -0.4 is 15.8 Å². The van der Waals surface area contributed by atoms with Crippen molar-refractivity contribution in [1.82, 2.24) is 10.2 Å². The Kier molecular flexibility index (Phi) is 6.26. The molecule has 1 amide bonds. The average Bonchev–Trinajstić information content (AvgIpc) is 2.81. The standard InChI is InChI=1S/C25H20F2N4O2/c1-33-23-14-18(27)9-8-16(23)13-20-19(25(28)32)6-3-7-22(20)29-24-11-10-21(30-31-24)15-4-2-5-17(26)12-15/h2-12,14H,13H2,1H3,(H2,28,32)(H,29,31). The van der Waals surface area contributed by atoms with Crippen LogP contribution in [-0.4, -0.2) is 23.2 Å². The summed E-state index contributed by atoms with van der Waals surface area (Å²) in [6, 6.07) is 18.8. The number of halogens is 2. The average molecular weight is 446 g/mol. The Hall–Kier alpha value is -4.33. The van der Waals surface area contributed by atoms with Crippen molar-refractivity contribution in [2.45, 2.75) is 6.42 Å². The third-order valence-corrected chi connectivity index (χ3v) is 5.11. The molecule has 0 saturated carbocycles. The van der Waals surface area contributed by atoms with Crippen molar-refractivity contribution in [2.75, 3.05) is 12.4 Å². The first-order valence-corrected chi connectivity index (χ1v) is 10.1. The first kappa shape index (κ1) is 21.9. The number of ether oxygens (including phenoxy) is 1. The summed E-state index contributed by atoms with van der Waals surface area (Å²) >= 11 is 0. The van der Waals surface area contributed by atoms with Crippen LogP contribution in [0.2, 0.25) is 0 Å². The molecule has 0 radical (unpaired) electrons. The maximum Gasteiger partial charge on any atom is 0.249 e. The van der Waals surface area contributed by atoms with Crippen molar-refractivity contribution >= 4 is 17.4 Å². The number of primary amides is 1. The topological polar surface area (TPSA) is 90.1 Å². The lowest BCUT2D eigenvalue weighted by Gasteiger charge is -2.16. The number of carbonyl (C=O) groups excluding carboxylic acids is 1. The molecule has 6 nitrogen and oxygen atoms in total. The Morgan fingerprint density at radius 1 is 0.970 bits per heavy atom. The van der Waals surface area contributed by atoms with Gasteiger partial charge in [-0.2, -0.15) is 0 Å². The molecule has 8 heteroatoms. The van der Waals surface area contributed by atoms with Crippen LogP contribution in [0.15, 0.2) is 72.8 Å². The number of hydrogen-bond donors (Lipinski definition) is 2. The fraction of sp³-hybridized carbons (Fsp3) is 0.0800. The maximum atomic E-state index is 13.6. The second kappa shape index (κ2) is 9.44. The molecule has 0 unspecified atom stereocenters. The number of amides is 1. The molecule has 33 heavy (non-hydrogen) atoms. The second-order valence-corrected chi connectivity index (χ2v) is 7.27. The number of carbonyl (C=O) groups is 1. The van der Waals surface area contributed by atoms with E-state index in [9.17, 15) is 13.6 Å². The molecule has 0 fully saturated rings. The lowest BCUT2D eigenvalue weighted by atomic mass is 9.96. The minimum atomic E-state index is -0.595. The largest absolute Gasteiger partial charge is 0.496 e. The second-order valence-electron chi connectivity index (χ2n) is 7.27. The van der Waals surface area contributed by atoms with Gasteiger partial charge in [0, 0.05) is 29.3 Å². The van der Waals surface area contributed by atoms with E-state index >= 15 is 0 Å². The number of nitrogens with one attached hydrogen (secondary N) is 1. The van der Waals surface area contributed by atoms with Gasteiger partial charge in [-0.3, -0.25) is 4.79 Å². The fourth-order valence-electron chi connectivity index (χ4n) is 3.52. The third kappa shape index (κ3) is 4.95. The van der Waals surface area contributed by atoms with E-state index in [1.165, 1.54) is 31.4 Å². The highest BCUT2D eigenvalue weighted by atomic mass is 19.1. The Morgan fingerprint density at radius 2 is 1.76 bits per heavy atom. The monoisotopic (exact) mass is 446 g/mol. The molecule has 1 heterocycles. The molecule has 0 aliphatic rings. The van der Waals surface area contributed by atoms with E-state index < -0.39 is 11.7 Å². The van der Waals surface area contributed by atoms with Crippen molar-refractivity contribution in [2.24, 2.45) is 5.73 Å². The summed E-state index contributed by atoms with van der Waals surface area (Å²) in [7, 11) is 1.45. The summed E-state index contributed by atoms with van der Waals surface area (Å²) in [6.45, 7) is 0. The van der Waals surface area contributed by atoms with Gasteiger partial charge in [-0.1, -0.05) is 24.3 Å². The first-order valence-electron chi connectivity index (χ1n) is 10.1. The van der Waals surface area contributed by atoms with Crippen molar-refractivity contribution in [3.63, 3.8) is 0 Å². The number of anilines is 2. The van der Waals surface area contributed by atoms with E-state index in [1.54, 1.807) is 48.5 Å².